The highest BCUT2D eigenvalue weighted by Gasteiger charge is 2.15. The summed E-state index contributed by atoms with van der Waals surface area (Å²) in [6.45, 7) is 0. The van der Waals surface area contributed by atoms with Crippen molar-refractivity contribution >= 4 is 46.0 Å². The number of fused-ring (bicyclic) bond motifs is 4. The summed E-state index contributed by atoms with van der Waals surface area (Å²) in [5.41, 5.74) is 6.64. The minimum atomic E-state index is 0.781. The summed E-state index contributed by atoms with van der Waals surface area (Å²) < 4.78 is 4.57. The van der Waals surface area contributed by atoms with Crippen molar-refractivity contribution in [2.75, 3.05) is 0 Å². The molecule has 134 valence electrons. The van der Waals surface area contributed by atoms with Crippen LogP contribution in [0.2, 0.25) is 0 Å². The lowest BCUT2D eigenvalue weighted by atomic mass is 9.94. The molecule has 2 radical (unpaired) electrons. The highest BCUT2D eigenvalue weighted by atomic mass is 15.0. The Bertz CT molecular complexity index is 1490. The minimum absolute atomic E-state index is 0.781. The average Bonchev–Trinajstić information content (AvgIpc) is 3.32. The second-order valence-corrected chi connectivity index (χ2v) is 7.40. The number of nitrogens with zero attached hydrogens (tertiary/aromatic N) is 2. The summed E-state index contributed by atoms with van der Waals surface area (Å²) in [4.78, 5) is 0. The molecule has 0 atom stereocenters. The summed E-state index contributed by atoms with van der Waals surface area (Å²) in [7, 11) is 6.16. The van der Waals surface area contributed by atoms with Crippen LogP contribution in [0.25, 0.3) is 44.1 Å². The normalized spacial score (nSPS) is 11.6. The Hall–Kier alpha value is -3.72. The van der Waals surface area contributed by atoms with E-state index in [1.807, 2.05) is 18.2 Å². The zero-order valence-electron chi connectivity index (χ0n) is 15.8. The summed E-state index contributed by atoms with van der Waals surface area (Å²) in [6, 6.07) is 33.9. The molecule has 0 saturated heterocycles. The van der Waals surface area contributed by atoms with Gasteiger partial charge in [0.2, 0.25) is 0 Å². The molecule has 0 bridgehead atoms. The lowest BCUT2D eigenvalue weighted by Crippen LogP contribution is -2.00. The SMILES string of the molecule is [B]c1ccc2c(c1)c1cc3c(ccn3-c3ccccc3)cc1n2-c1ccccc1. The van der Waals surface area contributed by atoms with Crippen LogP contribution in [0.15, 0.2) is 103 Å². The molecule has 2 heterocycles. The van der Waals surface area contributed by atoms with Crippen molar-refractivity contribution in [1.82, 2.24) is 9.13 Å². The molecule has 0 amide bonds. The third-order valence-corrected chi connectivity index (χ3v) is 5.65. The molecule has 0 saturated carbocycles. The summed E-state index contributed by atoms with van der Waals surface area (Å²) >= 11 is 0. The molecule has 0 aliphatic rings. The van der Waals surface area contributed by atoms with E-state index >= 15 is 0 Å². The molecule has 0 unspecified atom stereocenters. The van der Waals surface area contributed by atoms with Crippen molar-refractivity contribution in [3.8, 4) is 11.4 Å². The van der Waals surface area contributed by atoms with E-state index < -0.39 is 0 Å². The van der Waals surface area contributed by atoms with Crippen LogP contribution in [-0.4, -0.2) is 17.0 Å². The lowest BCUT2D eigenvalue weighted by molar-refractivity contribution is 1.13. The molecule has 0 N–H and O–H groups in total. The van der Waals surface area contributed by atoms with Gasteiger partial charge in [0.05, 0.1) is 16.6 Å². The maximum atomic E-state index is 6.16. The smallest absolute Gasteiger partial charge is 0.113 e. The zero-order valence-corrected chi connectivity index (χ0v) is 15.8. The lowest BCUT2D eigenvalue weighted by Gasteiger charge is -2.08. The molecule has 3 heteroatoms. The van der Waals surface area contributed by atoms with Crippen LogP contribution in [0, 0.1) is 0 Å². The molecule has 6 rings (SSSR count). The third-order valence-electron chi connectivity index (χ3n) is 5.65. The van der Waals surface area contributed by atoms with Crippen LogP contribution >= 0.6 is 0 Å². The average molecular weight is 368 g/mol. The van der Waals surface area contributed by atoms with Gasteiger partial charge in [0, 0.05) is 33.7 Å². The quantitative estimate of drug-likeness (QED) is 0.356. The van der Waals surface area contributed by atoms with Crippen molar-refractivity contribution in [2.24, 2.45) is 0 Å². The summed E-state index contributed by atoms with van der Waals surface area (Å²) in [5, 5.41) is 3.60. The van der Waals surface area contributed by atoms with Crippen molar-refractivity contribution < 1.29 is 0 Å². The maximum Gasteiger partial charge on any atom is 0.113 e. The van der Waals surface area contributed by atoms with E-state index in [0.29, 0.717) is 0 Å². The van der Waals surface area contributed by atoms with E-state index in [1.54, 1.807) is 0 Å². The van der Waals surface area contributed by atoms with Gasteiger partial charge in [-0.3, -0.25) is 0 Å². The van der Waals surface area contributed by atoms with E-state index in [1.165, 1.54) is 32.7 Å². The van der Waals surface area contributed by atoms with E-state index in [2.05, 4.69) is 94.2 Å². The topological polar surface area (TPSA) is 9.86 Å². The molecular formula is C26H17BN2. The first kappa shape index (κ1) is 16.3. The van der Waals surface area contributed by atoms with Crippen LogP contribution in [0.1, 0.15) is 0 Å². The van der Waals surface area contributed by atoms with Crippen LogP contribution in [0.4, 0.5) is 0 Å². The molecule has 2 nitrogen and oxygen atoms in total. The molecule has 0 spiro atoms. The van der Waals surface area contributed by atoms with Crippen molar-refractivity contribution in [1.29, 1.82) is 0 Å². The number of aromatic nitrogens is 2. The van der Waals surface area contributed by atoms with Gasteiger partial charge in [-0.25, -0.2) is 0 Å². The van der Waals surface area contributed by atoms with Gasteiger partial charge in [0.25, 0.3) is 0 Å². The Kier molecular flexibility index (Phi) is 3.45. The fourth-order valence-corrected chi connectivity index (χ4v) is 4.33. The minimum Gasteiger partial charge on any atom is -0.317 e. The fraction of sp³-hybridized carbons (Fsp3) is 0. The van der Waals surface area contributed by atoms with Gasteiger partial charge in [-0.2, -0.15) is 0 Å². The Morgan fingerprint density at radius 2 is 1.24 bits per heavy atom. The van der Waals surface area contributed by atoms with E-state index in [9.17, 15) is 0 Å². The van der Waals surface area contributed by atoms with Crippen molar-refractivity contribution in [3.05, 3.63) is 103 Å². The number of rotatable bonds is 2. The van der Waals surface area contributed by atoms with Gasteiger partial charge in [-0.1, -0.05) is 54.0 Å². The molecule has 0 aliphatic carbocycles. The first-order chi connectivity index (χ1) is 14.3. The highest BCUT2D eigenvalue weighted by molar-refractivity contribution is 6.34. The largest absolute Gasteiger partial charge is 0.317 e. The molecular weight excluding hydrogens is 351 g/mol. The maximum absolute atomic E-state index is 6.16. The Labute approximate surface area is 170 Å². The van der Waals surface area contributed by atoms with Gasteiger partial charge in [0.1, 0.15) is 7.85 Å². The van der Waals surface area contributed by atoms with Crippen LogP contribution in [-0.2, 0) is 0 Å². The molecule has 0 fully saturated rings. The predicted octanol–water partition coefficient (Wildman–Crippen LogP) is 5.52. The molecule has 6 aromatic rings. The highest BCUT2D eigenvalue weighted by Crippen LogP contribution is 2.35. The second-order valence-electron chi connectivity index (χ2n) is 7.40. The van der Waals surface area contributed by atoms with Crippen molar-refractivity contribution in [3.63, 3.8) is 0 Å². The number of hydrogen-bond acceptors (Lipinski definition) is 0. The van der Waals surface area contributed by atoms with Gasteiger partial charge < -0.3 is 9.13 Å². The number of para-hydroxylation sites is 2. The van der Waals surface area contributed by atoms with E-state index in [0.717, 1.165) is 16.8 Å². The van der Waals surface area contributed by atoms with E-state index in [-0.39, 0.29) is 0 Å². The Morgan fingerprint density at radius 3 is 2.00 bits per heavy atom. The Balaban J connectivity index is 1.75. The number of hydrogen-bond donors (Lipinski definition) is 0. The van der Waals surface area contributed by atoms with Gasteiger partial charge in [-0.15, -0.1) is 0 Å². The van der Waals surface area contributed by atoms with Crippen LogP contribution < -0.4 is 5.46 Å². The molecule has 2 aromatic heterocycles. The predicted molar refractivity (Wildman–Crippen MR) is 123 cm³/mol. The Morgan fingerprint density at radius 1 is 0.552 bits per heavy atom. The van der Waals surface area contributed by atoms with Gasteiger partial charge in [-0.05, 0) is 48.5 Å². The zero-order chi connectivity index (χ0) is 19.4. The van der Waals surface area contributed by atoms with Crippen LogP contribution in [0.3, 0.4) is 0 Å². The van der Waals surface area contributed by atoms with Crippen molar-refractivity contribution in [2.45, 2.75) is 0 Å². The molecule has 4 aromatic carbocycles. The fourth-order valence-electron chi connectivity index (χ4n) is 4.33. The third kappa shape index (κ3) is 2.44. The second kappa shape index (κ2) is 6.15. The summed E-state index contributed by atoms with van der Waals surface area (Å²) in [6.07, 6.45) is 2.14. The summed E-state index contributed by atoms with van der Waals surface area (Å²) in [5.74, 6) is 0. The van der Waals surface area contributed by atoms with E-state index in [4.69, 9.17) is 7.85 Å². The van der Waals surface area contributed by atoms with Crippen LogP contribution in [0.5, 0.6) is 0 Å². The van der Waals surface area contributed by atoms with Gasteiger partial charge in [0.15, 0.2) is 0 Å². The molecule has 0 aliphatic heterocycles. The monoisotopic (exact) mass is 368 g/mol. The first-order valence-corrected chi connectivity index (χ1v) is 9.75. The first-order valence-electron chi connectivity index (χ1n) is 9.75. The number of benzene rings is 4. The standard InChI is InChI=1S/C26H17BN2/c27-19-11-12-24-22(16-19)23-17-25-18(13-14-28(25)20-7-3-1-4-8-20)15-26(23)29(24)21-9-5-2-6-10-21/h1-17H. The molecule has 29 heavy (non-hydrogen) atoms. The van der Waals surface area contributed by atoms with Gasteiger partial charge >= 0.3 is 0 Å².